The number of nitrogens with one attached hydrogen (secondary N) is 1. The van der Waals surface area contributed by atoms with Gasteiger partial charge in [-0.25, -0.2) is 0 Å². The predicted molar refractivity (Wildman–Crippen MR) is 75.0 cm³/mol. The van der Waals surface area contributed by atoms with Gasteiger partial charge in [0.15, 0.2) is 0 Å². The van der Waals surface area contributed by atoms with Crippen LogP contribution in [0.15, 0.2) is 36.5 Å². The summed E-state index contributed by atoms with van der Waals surface area (Å²) in [7, 11) is 0. The van der Waals surface area contributed by atoms with Gasteiger partial charge in [0.25, 0.3) is 5.91 Å². The Morgan fingerprint density at radius 2 is 2.22 bits per heavy atom. The largest absolute Gasteiger partial charge is 0.346 e. The van der Waals surface area contributed by atoms with Gasteiger partial charge >= 0.3 is 0 Å². The number of fused-ring (bicyclic) bond motifs is 1. The van der Waals surface area contributed by atoms with E-state index in [1.807, 2.05) is 30.3 Å². The molecule has 1 aromatic heterocycles. The van der Waals surface area contributed by atoms with Gasteiger partial charge in [0.05, 0.1) is 11.1 Å². The van der Waals surface area contributed by atoms with Crippen molar-refractivity contribution in [3.8, 4) is 0 Å². The molecule has 2 aromatic rings. The zero-order valence-corrected chi connectivity index (χ0v) is 11.4. The maximum Gasteiger partial charge on any atom is 0.251 e. The molecule has 3 rings (SSSR count). The van der Waals surface area contributed by atoms with Gasteiger partial charge in [0, 0.05) is 22.5 Å². The van der Waals surface area contributed by atoms with Gasteiger partial charge in [-0.1, -0.05) is 22.0 Å². The lowest BCUT2D eigenvalue weighted by Gasteiger charge is -2.14. The normalized spacial score (nSPS) is 16.5. The van der Waals surface area contributed by atoms with E-state index in [1.54, 1.807) is 6.20 Å². The Morgan fingerprint density at radius 1 is 1.39 bits per heavy atom. The molecule has 3 nitrogen and oxygen atoms in total. The summed E-state index contributed by atoms with van der Waals surface area (Å²) >= 11 is 3.45. The van der Waals surface area contributed by atoms with Crippen molar-refractivity contribution in [1.29, 1.82) is 0 Å². The Morgan fingerprint density at radius 3 is 2.94 bits per heavy atom. The Bertz CT molecular complexity index is 608. The minimum Gasteiger partial charge on any atom is -0.346 e. The average Bonchev–Trinajstić information content (AvgIpc) is 3.18. The quantitative estimate of drug-likeness (QED) is 0.886. The summed E-state index contributed by atoms with van der Waals surface area (Å²) in [6, 6.07) is 9.45. The number of carbonyl (C=O) groups excluding carboxylic acids is 1. The average molecular weight is 305 g/mol. The topological polar surface area (TPSA) is 42.0 Å². The third kappa shape index (κ3) is 2.12. The van der Waals surface area contributed by atoms with Gasteiger partial charge < -0.3 is 5.32 Å². The molecule has 0 aliphatic heterocycles. The third-order valence-corrected chi connectivity index (χ3v) is 4.43. The van der Waals surface area contributed by atoms with E-state index >= 15 is 0 Å². The Kier molecular flexibility index (Phi) is 2.82. The second kappa shape index (κ2) is 4.35. The molecule has 0 radical (unpaired) electrons. The second-order valence-electron chi connectivity index (χ2n) is 4.78. The first kappa shape index (κ1) is 11.7. The maximum atomic E-state index is 12.2. The number of hydrogen-bond acceptors (Lipinski definition) is 2. The number of pyridine rings is 1. The highest BCUT2D eigenvalue weighted by Crippen LogP contribution is 2.37. The number of alkyl halides is 1. The van der Waals surface area contributed by atoms with Gasteiger partial charge in [-0.3, -0.25) is 9.78 Å². The molecule has 0 spiro atoms. The van der Waals surface area contributed by atoms with Crippen LogP contribution in [-0.4, -0.2) is 21.8 Å². The monoisotopic (exact) mass is 304 g/mol. The lowest BCUT2D eigenvalue weighted by molar-refractivity contribution is 0.0936. The first-order valence-electron chi connectivity index (χ1n) is 5.96. The van der Waals surface area contributed by atoms with E-state index in [0.717, 1.165) is 29.1 Å². The number of nitrogens with zero attached hydrogens (tertiary/aromatic N) is 1. The number of carbonyl (C=O) groups is 1. The Balaban J connectivity index is 1.87. The van der Waals surface area contributed by atoms with Crippen molar-refractivity contribution in [3.63, 3.8) is 0 Å². The van der Waals surface area contributed by atoms with Crippen molar-refractivity contribution >= 4 is 32.7 Å². The SMILES string of the molecule is O=C(NC1(CBr)CC1)c1ccc2ncccc2c1. The Labute approximate surface area is 114 Å². The van der Waals surface area contributed by atoms with E-state index in [1.165, 1.54) is 0 Å². The van der Waals surface area contributed by atoms with Gasteiger partial charge in [0.1, 0.15) is 0 Å². The molecule has 92 valence electrons. The van der Waals surface area contributed by atoms with Crippen LogP contribution in [0.5, 0.6) is 0 Å². The van der Waals surface area contributed by atoms with E-state index in [9.17, 15) is 4.79 Å². The fourth-order valence-corrected chi connectivity index (χ4v) is 2.67. The summed E-state index contributed by atoms with van der Waals surface area (Å²) in [5.41, 5.74) is 1.60. The number of hydrogen-bond donors (Lipinski definition) is 1. The van der Waals surface area contributed by atoms with Crippen molar-refractivity contribution in [2.24, 2.45) is 0 Å². The number of rotatable bonds is 3. The van der Waals surface area contributed by atoms with Gasteiger partial charge in [0.2, 0.25) is 0 Å². The molecule has 1 amide bonds. The van der Waals surface area contributed by atoms with E-state index in [-0.39, 0.29) is 11.4 Å². The number of aromatic nitrogens is 1. The van der Waals surface area contributed by atoms with Crippen molar-refractivity contribution in [2.45, 2.75) is 18.4 Å². The maximum absolute atomic E-state index is 12.2. The van der Waals surface area contributed by atoms with Gasteiger partial charge in [-0.15, -0.1) is 0 Å². The minimum absolute atomic E-state index is 0.00213. The van der Waals surface area contributed by atoms with Crippen molar-refractivity contribution < 1.29 is 4.79 Å². The van der Waals surface area contributed by atoms with E-state index in [2.05, 4.69) is 26.2 Å². The summed E-state index contributed by atoms with van der Waals surface area (Å²) < 4.78 is 0. The standard InChI is InChI=1S/C14H13BrN2O/c15-9-14(5-6-14)17-13(18)11-3-4-12-10(8-11)2-1-7-16-12/h1-4,7-8H,5-6,9H2,(H,17,18). The first-order valence-corrected chi connectivity index (χ1v) is 7.08. The number of benzene rings is 1. The molecule has 1 aliphatic rings. The van der Waals surface area contributed by atoms with Crippen molar-refractivity contribution in [3.05, 3.63) is 42.1 Å². The predicted octanol–water partition coefficient (Wildman–Crippen LogP) is 2.89. The summed E-state index contributed by atoms with van der Waals surface area (Å²) in [4.78, 5) is 16.4. The van der Waals surface area contributed by atoms with Crippen LogP contribution in [0.3, 0.4) is 0 Å². The van der Waals surface area contributed by atoms with E-state index in [4.69, 9.17) is 0 Å². The zero-order valence-electron chi connectivity index (χ0n) is 9.82. The highest BCUT2D eigenvalue weighted by atomic mass is 79.9. The highest BCUT2D eigenvalue weighted by molar-refractivity contribution is 9.09. The first-order chi connectivity index (χ1) is 8.72. The van der Waals surface area contributed by atoms with Crippen LogP contribution in [-0.2, 0) is 0 Å². The molecule has 1 aliphatic carbocycles. The third-order valence-electron chi connectivity index (χ3n) is 3.35. The fourth-order valence-electron chi connectivity index (χ4n) is 1.97. The van der Waals surface area contributed by atoms with Gasteiger partial charge in [-0.2, -0.15) is 0 Å². The molecule has 4 heteroatoms. The Hall–Kier alpha value is -1.42. The number of amides is 1. The zero-order chi connectivity index (χ0) is 12.6. The molecule has 18 heavy (non-hydrogen) atoms. The summed E-state index contributed by atoms with van der Waals surface area (Å²) in [5.74, 6) is -0.00213. The van der Waals surface area contributed by atoms with Crippen LogP contribution < -0.4 is 5.32 Å². The van der Waals surface area contributed by atoms with Crippen LogP contribution in [0.1, 0.15) is 23.2 Å². The van der Waals surface area contributed by atoms with Crippen molar-refractivity contribution in [1.82, 2.24) is 10.3 Å². The highest BCUT2D eigenvalue weighted by Gasteiger charge is 2.42. The summed E-state index contributed by atoms with van der Waals surface area (Å²) in [5, 5.41) is 4.91. The smallest absolute Gasteiger partial charge is 0.251 e. The van der Waals surface area contributed by atoms with Crippen LogP contribution in [0.2, 0.25) is 0 Å². The second-order valence-corrected chi connectivity index (χ2v) is 5.34. The minimum atomic E-state index is -0.0129. The number of halogens is 1. The lowest BCUT2D eigenvalue weighted by atomic mass is 10.1. The molecule has 0 bridgehead atoms. The molecule has 0 atom stereocenters. The van der Waals surface area contributed by atoms with Crippen LogP contribution in [0, 0.1) is 0 Å². The van der Waals surface area contributed by atoms with Crippen molar-refractivity contribution in [2.75, 3.05) is 5.33 Å². The molecule has 1 saturated carbocycles. The van der Waals surface area contributed by atoms with Crippen LogP contribution in [0.25, 0.3) is 10.9 Å². The molecule has 1 fully saturated rings. The van der Waals surface area contributed by atoms with E-state index < -0.39 is 0 Å². The summed E-state index contributed by atoms with van der Waals surface area (Å²) in [6.07, 6.45) is 3.87. The van der Waals surface area contributed by atoms with Crippen LogP contribution >= 0.6 is 15.9 Å². The molecule has 0 unspecified atom stereocenters. The van der Waals surface area contributed by atoms with E-state index in [0.29, 0.717) is 5.56 Å². The molecule has 0 saturated heterocycles. The summed E-state index contributed by atoms with van der Waals surface area (Å²) in [6.45, 7) is 0. The lowest BCUT2D eigenvalue weighted by Crippen LogP contribution is -2.38. The molecule has 1 aromatic carbocycles. The van der Waals surface area contributed by atoms with Crippen LogP contribution in [0.4, 0.5) is 0 Å². The molecule has 1 N–H and O–H groups in total. The molecule has 1 heterocycles. The fraction of sp³-hybridized carbons (Fsp3) is 0.286. The molecular formula is C14H13BrN2O. The van der Waals surface area contributed by atoms with Gasteiger partial charge in [-0.05, 0) is 37.1 Å². The molecular weight excluding hydrogens is 292 g/mol.